The third-order valence-electron chi connectivity index (χ3n) is 8.44. The highest BCUT2D eigenvalue weighted by Gasteiger charge is 2.66. The summed E-state index contributed by atoms with van der Waals surface area (Å²) in [6, 6.07) is 10.2. The van der Waals surface area contributed by atoms with Gasteiger partial charge < -0.3 is 21.3 Å². The molecule has 2 aromatic carbocycles. The molecule has 0 radical (unpaired) electrons. The molecule has 0 bridgehead atoms. The Morgan fingerprint density at radius 2 is 1.79 bits per heavy atom. The lowest BCUT2D eigenvalue weighted by atomic mass is 9.53. The van der Waals surface area contributed by atoms with Crippen LogP contribution in [0.5, 0.6) is 5.75 Å². The zero-order valence-electron chi connectivity index (χ0n) is 21.3. The third kappa shape index (κ3) is 4.18. The zero-order valence-corrected chi connectivity index (χ0v) is 21.3. The number of primary amides is 1. The van der Waals surface area contributed by atoms with Gasteiger partial charge in [-0.15, -0.1) is 0 Å². The number of benzene rings is 2. The molecule has 0 heterocycles. The van der Waals surface area contributed by atoms with Gasteiger partial charge >= 0.3 is 0 Å². The van der Waals surface area contributed by atoms with Crippen LogP contribution < -0.4 is 11.1 Å². The normalized spacial score (nSPS) is 28.9. The van der Waals surface area contributed by atoms with Crippen molar-refractivity contribution in [3.05, 3.63) is 53.1 Å². The van der Waals surface area contributed by atoms with Crippen LogP contribution in [-0.2, 0) is 32.1 Å². The van der Waals surface area contributed by atoms with Gasteiger partial charge in [-0.25, -0.2) is 4.39 Å². The molecule has 5 N–H and O–H groups in total. The highest BCUT2D eigenvalue weighted by Crippen LogP contribution is 2.51. The standard InChI is InChI=1S/C29H29FN2O7/c1-13(11-30)32-12-14-2-4-15(5-3-14)18-6-7-20(33)23-19(18)9-16-8-17-10-21(34)24(28(31)38)27(37)29(17,39)26(36)22(16)25(23)35/h2-7,13,16-17,22,24,32-33,39H,8-12H2,1H3,(H2,31,38)/t13?,16-,17+,22?,24?,29+/m1/s1. The molecule has 1 amide bonds. The van der Waals surface area contributed by atoms with Crippen LogP contribution in [0.25, 0.3) is 11.1 Å². The average Bonchev–Trinajstić information content (AvgIpc) is 2.89. The fourth-order valence-corrected chi connectivity index (χ4v) is 6.39. The molecule has 0 aliphatic heterocycles. The van der Waals surface area contributed by atoms with Crippen LogP contribution in [0.1, 0.15) is 41.3 Å². The lowest BCUT2D eigenvalue weighted by Crippen LogP contribution is -2.68. The van der Waals surface area contributed by atoms with Crippen LogP contribution in [0.2, 0.25) is 0 Å². The van der Waals surface area contributed by atoms with E-state index in [1.165, 1.54) is 6.07 Å². The van der Waals surface area contributed by atoms with Crippen molar-refractivity contribution in [2.75, 3.05) is 6.67 Å². The third-order valence-corrected chi connectivity index (χ3v) is 8.44. The molecule has 2 fully saturated rings. The fraction of sp³-hybridized carbons (Fsp3) is 0.414. The molecule has 3 aliphatic rings. The first-order valence-corrected chi connectivity index (χ1v) is 12.9. The Bertz CT molecular complexity index is 1410. The number of carbonyl (C=O) groups excluding carboxylic acids is 5. The van der Waals surface area contributed by atoms with E-state index < -0.39 is 65.0 Å². The quantitative estimate of drug-likeness (QED) is 0.403. The van der Waals surface area contributed by atoms with Crippen LogP contribution in [0, 0.1) is 23.7 Å². The van der Waals surface area contributed by atoms with Gasteiger partial charge in [-0.05, 0) is 54.0 Å². The van der Waals surface area contributed by atoms with Crippen LogP contribution in [0.3, 0.4) is 0 Å². The molecule has 2 saturated carbocycles. The molecule has 9 nitrogen and oxygen atoms in total. The summed E-state index contributed by atoms with van der Waals surface area (Å²) in [5, 5.41) is 25.0. The molecule has 6 atom stereocenters. The lowest BCUT2D eigenvalue weighted by molar-refractivity contribution is -0.175. The fourth-order valence-electron chi connectivity index (χ4n) is 6.39. The maximum absolute atomic E-state index is 13.7. The number of hydrogen-bond donors (Lipinski definition) is 4. The minimum atomic E-state index is -2.67. The second-order valence-corrected chi connectivity index (χ2v) is 10.9. The Labute approximate surface area is 223 Å². The first-order chi connectivity index (χ1) is 18.5. The van der Waals surface area contributed by atoms with Gasteiger partial charge in [-0.1, -0.05) is 30.3 Å². The second kappa shape index (κ2) is 9.77. The maximum atomic E-state index is 13.7. The monoisotopic (exact) mass is 536 g/mol. The first kappa shape index (κ1) is 26.8. The minimum absolute atomic E-state index is 0.0352. The summed E-state index contributed by atoms with van der Waals surface area (Å²) >= 11 is 0. The summed E-state index contributed by atoms with van der Waals surface area (Å²) in [7, 11) is 0. The molecule has 0 aromatic heterocycles. The van der Waals surface area contributed by atoms with E-state index in [4.69, 9.17) is 5.73 Å². The Morgan fingerprint density at radius 3 is 2.44 bits per heavy atom. The second-order valence-electron chi connectivity index (χ2n) is 10.9. The van der Waals surface area contributed by atoms with E-state index in [1.807, 2.05) is 24.3 Å². The summed E-state index contributed by atoms with van der Waals surface area (Å²) in [5.74, 6) is -10.4. The van der Waals surface area contributed by atoms with Gasteiger partial charge in [0.05, 0.1) is 11.5 Å². The van der Waals surface area contributed by atoms with Crippen molar-refractivity contribution in [3.8, 4) is 16.9 Å². The summed E-state index contributed by atoms with van der Waals surface area (Å²) in [4.78, 5) is 64.6. The Balaban J connectivity index is 1.50. The molecule has 3 unspecified atom stereocenters. The number of amides is 1. The number of hydrogen-bond acceptors (Lipinski definition) is 8. The van der Waals surface area contributed by atoms with E-state index in [0.717, 1.165) is 11.1 Å². The van der Waals surface area contributed by atoms with E-state index in [2.05, 4.69) is 5.32 Å². The van der Waals surface area contributed by atoms with Crippen LogP contribution >= 0.6 is 0 Å². The molecular weight excluding hydrogens is 507 g/mol. The molecule has 0 saturated heterocycles. The summed E-state index contributed by atoms with van der Waals surface area (Å²) in [6.07, 6.45) is -0.143. The number of aromatic hydroxyl groups is 1. The van der Waals surface area contributed by atoms with Gasteiger partial charge in [0.15, 0.2) is 34.7 Å². The van der Waals surface area contributed by atoms with Gasteiger partial charge in [0.1, 0.15) is 12.4 Å². The molecule has 0 spiro atoms. The molecule has 3 aliphatic carbocycles. The number of rotatable bonds is 6. The van der Waals surface area contributed by atoms with Crippen LogP contribution in [0.4, 0.5) is 4.39 Å². The van der Waals surface area contributed by atoms with Gasteiger partial charge in [-0.2, -0.15) is 0 Å². The summed E-state index contributed by atoms with van der Waals surface area (Å²) in [6.45, 7) is 1.73. The van der Waals surface area contributed by atoms with E-state index in [9.17, 15) is 38.6 Å². The van der Waals surface area contributed by atoms with Crippen molar-refractivity contribution >= 4 is 29.0 Å². The zero-order chi connectivity index (χ0) is 28.2. The SMILES string of the molecule is CC(CF)NCc1ccc(-c2ccc(O)c3c2C[C@H]2C[C@H]4CC(=O)C(C(N)=O)C(=O)[C@@]4(O)C(=O)C2C3=O)cc1. The highest BCUT2D eigenvalue weighted by atomic mass is 19.1. The Morgan fingerprint density at radius 1 is 1.10 bits per heavy atom. The van der Waals surface area contributed by atoms with Crippen molar-refractivity contribution in [1.82, 2.24) is 5.32 Å². The molecule has 2 aromatic rings. The molecule has 10 heteroatoms. The number of aliphatic hydroxyl groups is 1. The summed E-state index contributed by atoms with van der Waals surface area (Å²) < 4.78 is 12.7. The van der Waals surface area contributed by atoms with Crippen molar-refractivity contribution in [3.63, 3.8) is 0 Å². The molecule has 5 rings (SSSR count). The highest BCUT2D eigenvalue weighted by molar-refractivity contribution is 6.31. The van der Waals surface area contributed by atoms with Gasteiger partial charge in [0.25, 0.3) is 0 Å². The number of alkyl halides is 1. The van der Waals surface area contributed by atoms with E-state index >= 15 is 0 Å². The Kier molecular flexibility index (Phi) is 6.72. The van der Waals surface area contributed by atoms with E-state index in [1.54, 1.807) is 13.0 Å². The number of halogens is 1. The predicted molar refractivity (Wildman–Crippen MR) is 136 cm³/mol. The van der Waals surface area contributed by atoms with Gasteiger partial charge in [0.2, 0.25) is 5.91 Å². The number of carbonyl (C=O) groups is 5. The first-order valence-electron chi connectivity index (χ1n) is 12.9. The van der Waals surface area contributed by atoms with E-state index in [-0.39, 0.29) is 36.6 Å². The van der Waals surface area contributed by atoms with Gasteiger partial charge in [0, 0.05) is 24.9 Å². The lowest BCUT2D eigenvalue weighted by Gasteiger charge is -2.48. The minimum Gasteiger partial charge on any atom is -0.507 e. The smallest absolute Gasteiger partial charge is 0.235 e. The van der Waals surface area contributed by atoms with Crippen molar-refractivity contribution in [2.45, 2.75) is 44.4 Å². The number of ketones is 4. The van der Waals surface area contributed by atoms with Crippen molar-refractivity contribution in [1.29, 1.82) is 0 Å². The molecule has 204 valence electrons. The number of phenolic OH excluding ortho intramolecular Hbond substituents is 1. The number of nitrogens with two attached hydrogens (primary N) is 1. The number of fused-ring (bicyclic) bond motifs is 3. The predicted octanol–water partition coefficient (Wildman–Crippen LogP) is 1.44. The van der Waals surface area contributed by atoms with Gasteiger partial charge in [-0.3, -0.25) is 24.0 Å². The largest absolute Gasteiger partial charge is 0.507 e. The van der Waals surface area contributed by atoms with Crippen LogP contribution in [0.15, 0.2) is 36.4 Å². The Hall–Kier alpha value is -3.76. The topological polar surface area (TPSA) is 164 Å². The molecule has 39 heavy (non-hydrogen) atoms. The number of Topliss-reactive ketones (excluding diaryl/α,β-unsaturated/α-hetero) is 4. The maximum Gasteiger partial charge on any atom is 0.235 e. The van der Waals surface area contributed by atoms with E-state index in [0.29, 0.717) is 17.7 Å². The van der Waals surface area contributed by atoms with Crippen molar-refractivity contribution < 1.29 is 38.6 Å². The van der Waals surface area contributed by atoms with Crippen LogP contribution in [-0.4, -0.2) is 57.6 Å². The number of nitrogens with one attached hydrogen (secondary N) is 1. The molecular formula is C29H29FN2O7. The summed E-state index contributed by atoms with van der Waals surface area (Å²) in [5.41, 5.74) is 5.43. The van der Waals surface area contributed by atoms with Crippen molar-refractivity contribution in [2.24, 2.45) is 29.4 Å². The number of phenols is 1. The average molecular weight is 537 g/mol.